The third-order valence-corrected chi connectivity index (χ3v) is 17.1. The Balaban J connectivity index is 1.42. The Hall–Kier alpha value is -5.19. The summed E-state index contributed by atoms with van der Waals surface area (Å²) in [5.41, 5.74) is 7.10. The molecule has 4 heterocycles. The van der Waals surface area contributed by atoms with E-state index in [-0.39, 0.29) is 17.7 Å². The zero-order valence-corrected chi connectivity index (χ0v) is 48.0. The molecule has 3 aliphatic heterocycles. The maximum Gasteiger partial charge on any atom is 0.261 e. The van der Waals surface area contributed by atoms with E-state index in [1.807, 2.05) is 88.4 Å². The number of allylic oxidation sites excluding steroid dienone is 2. The van der Waals surface area contributed by atoms with E-state index < -0.39 is 0 Å². The smallest absolute Gasteiger partial charge is 0.261 e. The van der Waals surface area contributed by atoms with Crippen LogP contribution in [0.25, 0.3) is 17.1 Å². The van der Waals surface area contributed by atoms with Gasteiger partial charge in [0.05, 0.1) is 48.6 Å². The summed E-state index contributed by atoms with van der Waals surface area (Å²) in [4.78, 5) is 68.0. The van der Waals surface area contributed by atoms with Crippen LogP contribution in [0.3, 0.4) is 0 Å². The fourth-order valence-corrected chi connectivity index (χ4v) is 13.2. The average molecular weight is 1050 g/mol. The molecule has 0 aliphatic carbocycles. The number of thiophene rings is 1. The van der Waals surface area contributed by atoms with Crippen molar-refractivity contribution in [1.82, 2.24) is 19.6 Å². The van der Waals surface area contributed by atoms with Crippen molar-refractivity contribution in [2.24, 2.45) is 0 Å². The highest BCUT2D eigenvalue weighted by atomic mass is 32.2. The van der Waals surface area contributed by atoms with E-state index >= 15 is 14.4 Å². The van der Waals surface area contributed by atoms with Gasteiger partial charge in [-0.3, -0.25) is 19.2 Å². The number of amides is 4. The number of rotatable bonds is 37. The molecular formula is C65H88N4O4S2. The van der Waals surface area contributed by atoms with Crippen LogP contribution in [0.1, 0.15) is 205 Å². The molecule has 0 spiro atoms. The monoisotopic (exact) mass is 1050 g/mol. The maximum atomic E-state index is 15.3. The largest absolute Gasteiger partial charge is 0.314 e. The molecular weight excluding hydrogens is 965 g/mol. The molecule has 0 radical (unpaired) electrons. The Morgan fingerprint density at radius 2 is 1.03 bits per heavy atom. The first-order chi connectivity index (χ1) is 36.8. The first kappa shape index (κ1) is 59.1. The molecule has 3 aliphatic rings. The summed E-state index contributed by atoms with van der Waals surface area (Å²) in [5.74, 6) is -0.273. The minimum absolute atomic E-state index is 0.0901. The number of benzene rings is 2. The number of hydrogen-bond donors (Lipinski definition) is 0. The van der Waals surface area contributed by atoms with Gasteiger partial charge in [-0.1, -0.05) is 241 Å². The topological polar surface area (TPSA) is 81.2 Å². The lowest BCUT2D eigenvalue weighted by atomic mass is 9.99. The molecule has 2 aromatic carbocycles. The molecule has 8 nitrogen and oxygen atoms in total. The summed E-state index contributed by atoms with van der Waals surface area (Å²) in [5, 5.41) is 0. The molecule has 0 unspecified atom stereocenters. The average Bonchev–Trinajstić information content (AvgIpc) is 4.18. The van der Waals surface area contributed by atoms with E-state index in [1.165, 1.54) is 77.0 Å². The summed E-state index contributed by atoms with van der Waals surface area (Å²) in [6, 6.07) is 24.1. The van der Waals surface area contributed by atoms with Gasteiger partial charge >= 0.3 is 0 Å². The van der Waals surface area contributed by atoms with Gasteiger partial charge in [-0.25, -0.2) is 0 Å². The standard InChI is InChI=1S/C65H88N4O4S2/c1-7-12-16-20-24-34-45-66(49-70)60(51-39-30-28-31-40-51)56-50(6)59(67(63(56)71)46-35-25-21-17-13-8-2)53(38-11-5)74-55-44-43-54(75-55)62-58-57(64(72)69(62)48-37-27-23-19-15-10-4)61(52-41-32-29-33-42-52)68(65(58)73)47-36-26-22-18-14-9-3/h11,28-33,38-44,49H,5,7-10,12-27,34-37,45-48H2,1-4,6H3/b53-38-,60-56+. The van der Waals surface area contributed by atoms with Crippen LogP contribution in [0.15, 0.2) is 129 Å². The number of carbonyl (C=O) groups is 4. The lowest BCUT2D eigenvalue weighted by Gasteiger charge is -2.25. The van der Waals surface area contributed by atoms with E-state index in [1.54, 1.807) is 34.1 Å². The van der Waals surface area contributed by atoms with Crippen LogP contribution in [0.5, 0.6) is 0 Å². The number of hydrogen-bond acceptors (Lipinski definition) is 6. The summed E-state index contributed by atoms with van der Waals surface area (Å²) >= 11 is 3.18. The second-order valence-corrected chi connectivity index (χ2v) is 23.0. The molecule has 6 rings (SSSR count). The van der Waals surface area contributed by atoms with Gasteiger partial charge in [0, 0.05) is 31.1 Å². The van der Waals surface area contributed by atoms with Crippen molar-refractivity contribution in [1.29, 1.82) is 0 Å². The predicted octanol–water partition coefficient (Wildman–Crippen LogP) is 17.1. The van der Waals surface area contributed by atoms with E-state index in [0.29, 0.717) is 54.3 Å². The van der Waals surface area contributed by atoms with Gasteiger partial charge in [-0.2, -0.15) is 0 Å². The number of thioether (sulfide) groups is 1. The minimum atomic E-state index is -0.0916. The second-order valence-electron chi connectivity index (χ2n) is 20.6. The van der Waals surface area contributed by atoms with Crippen molar-refractivity contribution in [2.45, 2.75) is 193 Å². The molecule has 404 valence electrons. The Morgan fingerprint density at radius 3 is 1.55 bits per heavy atom. The van der Waals surface area contributed by atoms with E-state index in [2.05, 4.69) is 46.4 Å². The van der Waals surface area contributed by atoms with Gasteiger partial charge in [0.2, 0.25) is 6.41 Å². The van der Waals surface area contributed by atoms with Crippen molar-refractivity contribution in [3.63, 3.8) is 0 Å². The van der Waals surface area contributed by atoms with Gasteiger partial charge in [-0.05, 0) is 67.5 Å². The van der Waals surface area contributed by atoms with E-state index in [9.17, 15) is 4.79 Å². The summed E-state index contributed by atoms with van der Waals surface area (Å²) in [6.45, 7) is 17.3. The fourth-order valence-electron chi connectivity index (χ4n) is 10.9. The zero-order valence-electron chi connectivity index (χ0n) is 46.4. The highest BCUT2D eigenvalue weighted by Crippen LogP contribution is 2.50. The fraction of sp³-hybridized carbons (Fsp3) is 0.508. The van der Waals surface area contributed by atoms with Crippen molar-refractivity contribution in [3.05, 3.63) is 140 Å². The van der Waals surface area contributed by atoms with Crippen molar-refractivity contribution < 1.29 is 19.2 Å². The molecule has 10 heteroatoms. The number of fused-ring (bicyclic) bond motifs is 1. The summed E-state index contributed by atoms with van der Waals surface area (Å²) < 4.78 is 0.971. The second kappa shape index (κ2) is 31.8. The Kier molecular flexibility index (Phi) is 25.0. The molecule has 1 aromatic heterocycles. The van der Waals surface area contributed by atoms with Crippen LogP contribution in [-0.4, -0.2) is 69.9 Å². The molecule has 0 atom stereocenters. The molecule has 0 saturated heterocycles. The third kappa shape index (κ3) is 15.5. The lowest BCUT2D eigenvalue weighted by Crippen LogP contribution is -2.31. The van der Waals surface area contributed by atoms with Crippen LogP contribution < -0.4 is 0 Å². The van der Waals surface area contributed by atoms with Crippen molar-refractivity contribution >= 4 is 64.3 Å². The SMILES string of the molecule is C=C/C=C(\Sc1ccc(C2=C3C(=O)N(CCCCCCCC)C(c4ccccc4)=C3C(=O)N2CCCCCCCC)s1)C1=C(C)/C(=C(/c2ccccc2)N(C=O)CCCCCCCC)C(=O)N1CCCCCCCC. The van der Waals surface area contributed by atoms with Crippen molar-refractivity contribution in [2.75, 3.05) is 26.2 Å². The van der Waals surface area contributed by atoms with Gasteiger partial charge in [0.1, 0.15) is 0 Å². The summed E-state index contributed by atoms with van der Waals surface area (Å²) in [6.07, 6.45) is 31.0. The van der Waals surface area contributed by atoms with Crippen LogP contribution in [-0.2, 0) is 19.2 Å². The normalized spacial score (nSPS) is 15.7. The van der Waals surface area contributed by atoms with Gasteiger partial charge in [0.25, 0.3) is 17.7 Å². The highest BCUT2D eigenvalue weighted by Gasteiger charge is 2.49. The van der Waals surface area contributed by atoms with Gasteiger partial charge in [0.15, 0.2) is 0 Å². The van der Waals surface area contributed by atoms with Crippen LogP contribution in [0.4, 0.5) is 0 Å². The number of nitrogens with zero attached hydrogens (tertiary/aromatic N) is 4. The molecule has 0 bridgehead atoms. The van der Waals surface area contributed by atoms with Crippen molar-refractivity contribution in [3.8, 4) is 0 Å². The zero-order chi connectivity index (χ0) is 53.4. The Morgan fingerprint density at radius 1 is 0.560 bits per heavy atom. The third-order valence-electron chi connectivity index (χ3n) is 14.9. The predicted molar refractivity (Wildman–Crippen MR) is 316 cm³/mol. The highest BCUT2D eigenvalue weighted by molar-refractivity contribution is 8.05. The van der Waals surface area contributed by atoms with Crippen LogP contribution >= 0.6 is 23.1 Å². The molecule has 4 amide bonds. The lowest BCUT2D eigenvalue weighted by molar-refractivity contribution is -0.124. The summed E-state index contributed by atoms with van der Waals surface area (Å²) in [7, 11) is 0. The molecule has 75 heavy (non-hydrogen) atoms. The van der Waals surface area contributed by atoms with E-state index in [0.717, 1.165) is 126 Å². The first-order valence-electron chi connectivity index (χ1n) is 29.1. The molecule has 0 N–H and O–H groups in total. The number of unbranched alkanes of at least 4 members (excludes halogenated alkanes) is 20. The van der Waals surface area contributed by atoms with Crippen LogP contribution in [0.2, 0.25) is 0 Å². The molecule has 0 fully saturated rings. The molecule has 3 aromatic rings. The Labute approximate surface area is 460 Å². The van der Waals surface area contributed by atoms with Crippen LogP contribution in [0, 0.1) is 0 Å². The minimum Gasteiger partial charge on any atom is -0.314 e. The van der Waals surface area contributed by atoms with Gasteiger partial charge < -0.3 is 19.6 Å². The number of carbonyl (C=O) groups excluding carboxylic acids is 4. The quantitative estimate of drug-likeness (QED) is 0.0189. The maximum absolute atomic E-state index is 15.3. The van der Waals surface area contributed by atoms with E-state index in [4.69, 9.17) is 0 Å². The Bertz CT molecular complexity index is 2520. The van der Waals surface area contributed by atoms with Gasteiger partial charge in [-0.15, -0.1) is 11.3 Å². The first-order valence-corrected chi connectivity index (χ1v) is 30.7. The molecule has 0 saturated carbocycles.